The number of para-hydroxylation sites is 1. The molecule has 0 radical (unpaired) electrons. The minimum atomic E-state index is -3.65. The normalized spacial score (nSPS) is 20.5. The van der Waals surface area contributed by atoms with E-state index in [9.17, 15) is 8.42 Å². The van der Waals surface area contributed by atoms with Crippen molar-refractivity contribution >= 4 is 21.5 Å². The summed E-state index contributed by atoms with van der Waals surface area (Å²) in [6, 6.07) is 12.5. The van der Waals surface area contributed by atoms with E-state index in [-0.39, 0.29) is 11.0 Å². The Balaban J connectivity index is 1.82. The van der Waals surface area contributed by atoms with Gasteiger partial charge in [0.25, 0.3) is 10.0 Å². The maximum atomic E-state index is 13.0. The maximum absolute atomic E-state index is 13.0. The summed E-state index contributed by atoms with van der Waals surface area (Å²) in [5.41, 5.74) is 0.650. The molecule has 0 saturated carbocycles. The molecule has 0 bridgehead atoms. The van der Waals surface area contributed by atoms with Crippen molar-refractivity contribution in [2.45, 2.75) is 31.3 Å². The molecule has 2 heterocycles. The monoisotopic (exact) mass is 389 g/mol. The third-order valence-corrected chi connectivity index (χ3v) is 7.04. The number of hydrogen-bond donors (Lipinski definition) is 0. The summed E-state index contributed by atoms with van der Waals surface area (Å²) in [5, 5.41) is 0. The molecule has 6 nitrogen and oxygen atoms in total. The minimum Gasteiger partial charge on any atom is -0.379 e. The van der Waals surface area contributed by atoms with Crippen molar-refractivity contribution in [3.63, 3.8) is 0 Å². The fraction of sp³-hybridized carbons (Fsp3) is 0.450. The smallest absolute Gasteiger partial charge is 0.265 e. The van der Waals surface area contributed by atoms with Crippen LogP contribution in [-0.2, 0) is 14.8 Å². The summed E-state index contributed by atoms with van der Waals surface area (Å²) in [5.74, 6) is 1.29. The topological polar surface area (TPSA) is 62.7 Å². The van der Waals surface area contributed by atoms with Crippen LogP contribution < -0.4 is 9.21 Å². The third-order valence-electron chi connectivity index (χ3n) is 5.16. The van der Waals surface area contributed by atoms with Gasteiger partial charge in [0.2, 0.25) is 0 Å². The molecule has 0 spiro atoms. The quantitative estimate of drug-likeness (QED) is 0.759. The molecule has 1 saturated heterocycles. The van der Waals surface area contributed by atoms with Gasteiger partial charge in [0.05, 0.1) is 11.8 Å². The van der Waals surface area contributed by atoms with E-state index in [0.29, 0.717) is 18.2 Å². The molecular weight excluding hydrogens is 362 g/mol. The van der Waals surface area contributed by atoms with Gasteiger partial charge < -0.3 is 9.64 Å². The Hall–Kier alpha value is -2.12. The number of methoxy groups -OCH3 is 1. The third kappa shape index (κ3) is 4.09. The number of hydrogen-bond acceptors (Lipinski definition) is 5. The summed E-state index contributed by atoms with van der Waals surface area (Å²) >= 11 is 0. The number of benzene rings is 1. The van der Waals surface area contributed by atoms with Gasteiger partial charge in [0.1, 0.15) is 10.7 Å². The van der Waals surface area contributed by atoms with Crippen LogP contribution in [0.4, 0.5) is 11.5 Å². The van der Waals surface area contributed by atoms with Crippen molar-refractivity contribution in [1.29, 1.82) is 0 Å². The van der Waals surface area contributed by atoms with E-state index in [4.69, 9.17) is 4.74 Å². The van der Waals surface area contributed by atoms with Gasteiger partial charge >= 0.3 is 0 Å². The lowest BCUT2D eigenvalue weighted by molar-refractivity contribution is 0.0496. The Morgan fingerprint density at radius 2 is 1.96 bits per heavy atom. The van der Waals surface area contributed by atoms with E-state index in [0.717, 1.165) is 25.3 Å². The average Bonchev–Trinajstić information content (AvgIpc) is 2.69. The molecule has 0 aliphatic carbocycles. The van der Waals surface area contributed by atoms with Gasteiger partial charge in [-0.2, -0.15) is 0 Å². The molecule has 3 rings (SSSR count). The van der Waals surface area contributed by atoms with Crippen LogP contribution in [0.25, 0.3) is 0 Å². The van der Waals surface area contributed by atoms with Gasteiger partial charge in [-0.1, -0.05) is 25.1 Å². The van der Waals surface area contributed by atoms with E-state index in [1.807, 2.05) is 25.1 Å². The van der Waals surface area contributed by atoms with Gasteiger partial charge in [-0.05, 0) is 43.5 Å². The fourth-order valence-electron chi connectivity index (χ4n) is 3.47. The predicted octanol–water partition coefficient (Wildman–Crippen LogP) is 3.16. The Morgan fingerprint density at radius 3 is 2.56 bits per heavy atom. The highest BCUT2D eigenvalue weighted by Crippen LogP contribution is 2.26. The molecule has 27 heavy (non-hydrogen) atoms. The first-order valence-corrected chi connectivity index (χ1v) is 10.7. The molecule has 2 aromatic rings. The number of ether oxygens (including phenoxy) is 1. The average molecular weight is 390 g/mol. The predicted molar refractivity (Wildman–Crippen MR) is 108 cm³/mol. The summed E-state index contributed by atoms with van der Waals surface area (Å²) in [6.45, 7) is 6.03. The van der Waals surface area contributed by atoms with E-state index in [1.165, 1.54) is 10.5 Å². The summed E-state index contributed by atoms with van der Waals surface area (Å²) in [4.78, 5) is 6.79. The van der Waals surface area contributed by atoms with Gasteiger partial charge in [-0.15, -0.1) is 0 Å². The van der Waals surface area contributed by atoms with Crippen LogP contribution in [0, 0.1) is 5.92 Å². The van der Waals surface area contributed by atoms with Crippen molar-refractivity contribution < 1.29 is 13.2 Å². The zero-order valence-corrected chi connectivity index (χ0v) is 16.9. The molecule has 0 N–H and O–H groups in total. The van der Waals surface area contributed by atoms with Crippen molar-refractivity contribution in [3.8, 4) is 0 Å². The number of rotatable bonds is 6. The summed E-state index contributed by atoms with van der Waals surface area (Å²) < 4.78 is 33.0. The number of aromatic nitrogens is 1. The molecule has 1 aromatic carbocycles. The second-order valence-corrected chi connectivity index (χ2v) is 8.71. The minimum absolute atomic E-state index is 0.164. The number of sulfonamides is 1. The molecule has 146 valence electrons. The van der Waals surface area contributed by atoms with Crippen molar-refractivity contribution in [3.05, 3.63) is 48.7 Å². The van der Waals surface area contributed by atoms with Gasteiger partial charge in [0.15, 0.2) is 0 Å². The first kappa shape index (κ1) is 19.6. The standard InChI is InChI=1S/C20H27N3O3S/c1-4-23(17-8-6-5-7-9-17)27(24,25)18-10-11-20(21-14-18)22-13-12-16(2)19(15-22)26-3/h5-11,14,16,19H,4,12-13,15H2,1-3H3. The maximum Gasteiger partial charge on any atom is 0.265 e. The van der Waals surface area contributed by atoms with Crippen LogP contribution in [0.1, 0.15) is 20.3 Å². The van der Waals surface area contributed by atoms with Gasteiger partial charge in [0, 0.05) is 32.9 Å². The molecule has 1 aliphatic heterocycles. The zero-order chi connectivity index (χ0) is 19.4. The lowest BCUT2D eigenvalue weighted by Crippen LogP contribution is -2.44. The summed E-state index contributed by atoms with van der Waals surface area (Å²) in [6.07, 6.45) is 2.64. The molecule has 2 unspecified atom stereocenters. The molecule has 7 heteroatoms. The molecule has 1 fully saturated rings. The summed E-state index contributed by atoms with van der Waals surface area (Å²) in [7, 11) is -1.92. The molecule has 2 atom stereocenters. The highest BCUT2D eigenvalue weighted by molar-refractivity contribution is 7.92. The molecular formula is C20H27N3O3S. The lowest BCUT2D eigenvalue weighted by Gasteiger charge is -2.36. The Labute approximate surface area is 161 Å². The van der Waals surface area contributed by atoms with Crippen molar-refractivity contribution in [2.24, 2.45) is 5.92 Å². The van der Waals surface area contributed by atoms with Crippen LogP contribution in [-0.4, -0.2) is 46.2 Å². The van der Waals surface area contributed by atoms with Crippen LogP contribution in [0.3, 0.4) is 0 Å². The van der Waals surface area contributed by atoms with Crippen molar-refractivity contribution in [1.82, 2.24) is 4.98 Å². The van der Waals surface area contributed by atoms with Gasteiger partial charge in [-0.25, -0.2) is 13.4 Å². The Kier molecular flexibility index (Phi) is 6.01. The largest absolute Gasteiger partial charge is 0.379 e. The lowest BCUT2D eigenvalue weighted by atomic mass is 9.96. The van der Waals surface area contributed by atoms with E-state index in [1.54, 1.807) is 31.4 Å². The Morgan fingerprint density at radius 1 is 1.22 bits per heavy atom. The number of pyridine rings is 1. The first-order valence-electron chi connectivity index (χ1n) is 9.29. The van der Waals surface area contributed by atoms with E-state index >= 15 is 0 Å². The highest BCUT2D eigenvalue weighted by atomic mass is 32.2. The number of nitrogens with zero attached hydrogens (tertiary/aromatic N) is 3. The van der Waals surface area contributed by atoms with Crippen LogP contribution >= 0.6 is 0 Å². The molecule has 1 aliphatic rings. The SMILES string of the molecule is CCN(c1ccccc1)S(=O)(=O)c1ccc(N2CCC(C)C(OC)C2)nc1. The van der Waals surface area contributed by atoms with E-state index in [2.05, 4.69) is 16.8 Å². The number of piperidine rings is 1. The highest BCUT2D eigenvalue weighted by Gasteiger charge is 2.28. The zero-order valence-electron chi connectivity index (χ0n) is 16.1. The number of anilines is 2. The van der Waals surface area contributed by atoms with Gasteiger partial charge in [-0.3, -0.25) is 4.31 Å². The van der Waals surface area contributed by atoms with Crippen LogP contribution in [0.15, 0.2) is 53.6 Å². The molecule has 1 aromatic heterocycles. The van der Waals surface area contributed by atoms with Crippen LogP contribution in [0.5, 0.6) is 0 Å². The van der Waals surface area contributed by atoms with Crippen LogP contribution in [0.2, 0.25) is 0 Å². The first-order chi connectivity index (χ1) is 13.0. The fourth-order valence-corrected chi connectivity index (χ4v) is 4.89. The van der Waals surface area contributed by atoms with E-state index < -0.39 is 10.0 Å². The molecule has 0 amide bonds. The second kappa shape index (κ2) is 8.27. The second-order valence-electron chi connectivity index (χ2n) is 6.84. The van der Waals surface area contributed by atoms with Crippen molar-refractivity contribution in [2.75, 3.05) is 35.9 Å². The Bertz CT molecular complexity index is 841.